The molecular formula is C12H15N3O. The van der Waals surface area contributed by atoms with Gasteiger partial charge >= 0.3 is 0 Å². The van der Waals surface area contributed by atoms with E-state index in [4.69, 9.17) is 4.74 Å². The molecule has 0 aliphatic carbocycles. The molecule has 1 heterocycles. The van der Waals surface area contributed by atoms with Crippen molar-refractivity contribution >= 4 is 5.69 Å². The van der Waals surface area contributed by atoms with E-state index in [2.05, 4.69) is 22.2 Å². The Bertz CT molecular complexity index is 451. The zero-order valence-corrected chi connectivity index (χ0v) is 9.45. The molecule has 16 heavy (non-hydrogen) atoms. The van der Waals surface area contributed by atoms with Crippen molar-refractivity contribution < 1.29 is 4.74 Å². The largest absolute Gasteiger partial charge is 0.497 e. The minimum atomic E-state index is 0.743. The topological polar surface area (TPSA) is 49.9 Å². The molecule has 1 aromatic carbocycles. The van der Waals surface area contributed by atoms with Crippen LogP contribution in [0.2, 0.25) is 0 Å². The van der Waals surface area contributed by atoms with E-state index in [1.54, 1.807) is 13.4 Å². The van der Waals surface area contributed by atoms with Crippen molar-refractivity contribution in [2.75, 3.05) is 12.4 Å². The first-order valence-electron chi connectivity index (χ1n) is 5.15. The first-order valence-corrected chi connectivity index (χ1v) is 5.15. The highest BCUT2D eigenvalue weighted by atomic mass is 16.5. The van der Waals surface area contributed by atoms with Crippen LogP contribution in [-0.4, -0.2) is 17.1 Å². The van der Waals surface area contributed by atoms with Crippen LogP contribution in [0.1, 0.15) is 11.3 Å². The third kappa shape index (κ3) is 2.34. The number of imidazole rings is 1. The predicted molar refractivity (Wildman–Crippen MR) is 63.6 cm³/mol. The molecule has 0 bridgehead atoms. The van der Waals surface area contributed by atoms with Crippen molar-refractivity contribution in [2.24, 2.45) is 0 Å². The minimum Gasteiger partial charge on any atom is -0.497 e. The molecule has 4 heteroatoms. The summed E-state index contributed by atoms with van der Waals surface area (Å²) >= 11 is 0. The van der Waals surface area contributed by atoms with Gasteiger partial charge in [-0.2, -0.15) is 0 Å². The fourth-order valence-corrected chi connectivity index (χ4v) is 1.53. The quantitative estimate of drug-likeness (QED) is 0.826. The monoisotopic (exact) mass is 217 g/mol. The molecule has 0 radical (unpaired) electrons. The number of H-pyrrole nitrogens is 1. The second kappa shape index (κ2) is 4.70. The summed E-state index contributed by atoms with van der Waals surface area (Å²) in [5, 5.41) is 3.34. The number of hydrogen-bond donors (Lipinski definition) is 2. The van der Waals surface area contributed by atoms with Gasteiger partial charge in [0.25, 0.3) is 0 Å². The van der Waals surface area contributed by atoms with Gasteiger partial charge < -0.3 is 15.0 Å². The lowest BCUT2D eigenvalue weighted by molar-refractivity contribution is 0.414. The molecule has 0 amide bonds. The molecule has 84 valence electrons. The molecule has 0 unspecified atom stereocenters. The van der Waals surface area contributed by atoms with Gasteiger partial charge in [0.1, 0.15) is 5.75 Å². The fraction of sp³-hybridized carbons (Fsp3) is 0.250. The molecule has 0 atom stereocenters. The SMILES string of the molecule is COc1ccc(NCc2cnc[nH]2)c(C)c1. The van der Waals surface area contributed by atoms with Gasteiger partial charge in [-0.1, -0.05) is 0 Å². The van der Waals surface area contributed by atoms with Crippen molar-refractivity contribution in [3.8, 4) is 5.75 Å². The van der Waals surface area contributed by atoms with Gasteiger partial charge in [0, 0.05) is 11.9 Å². The Balaban J connectivity index is 2.04. The Morgan fingerprint density at radius 3 is 2.94 bits per heavy atom. The van der Waals surface area contributed by atoms with Crippen LogP contribution in [0, 0.1) is 6.92 Å². The molecule has 2 rings (SSSR count). The third-order valence-corrected chi connectivity index (χ3v) is 2.46. The number of ether oxygens (including phenoxy) is 1. The smallest absolute Gasteiger partial charge is 0.119 e. The Labute approximate surface area is 94.7 Å². The van der Waals surface area contributed by atoms with Crippen LogP contribution in [0.3, 0.4) is 0 Å². The van der Waals surface area contributed by atoms with Crippen molar-refractivity contribution in [1.82, 2.24) is 9.97 Å². The normalized spacial score (nSPS) is 10.1. The Hall–Kier alpha value is -1.97. The molecule has 0 aliphatic rings. The van der Waals surface area contributed by atoms with Gasteiger partial charge in [-0.3, -0.25) is 0 Å². The lowest BCUT2D eigenvalue weighted by atomic mass is 10.2. The van der Waals surface area contributed by atoms with E-state index in [-0.39, 0.29) is 0 Å². The molecule has 0 spiro atoms. The standard InChI is InChI=1S/C12H15N3O/c1-9-5-11(16-2)3-4-12(9)14-7-10-6-13-8-15-10/h3-6,8,14H,7H2,1-2H3,(H,13,15). The summed E-state index contributed by atoms with van der Waals surface area (Å²) in [5.74, 6) is 0.879. The number of aromatic nitrogens is 2. The summed E-state index contributed by atoms with van der Waals surface area (Å²) < 4.78 is 5.16. The van der Waals surface area contributed by atoms with E-state index in [0.29, 0.717) is 0 Å². The molecule has 2 N–H and O–H groups in total. The summed E-state index contributed by atoms with van der Waals surface area (Å²) in [6, 6.07) is 5.97. The Morgan fingerprint density at radius 2 is 2.31 bits per heavy atom. The highest BCUT2D eigenvalue weighted by molar-refractivity contribution is 5.53. The molecule has 2 aromatic rings. The van der Waals surface area contributed by atoms with Crippen LogP contribution >= 0.6 is 0 Å². The maximum absolute atomic E-state index is 5.16. The van der Waals surface area contributed by atoms with Crippen molar-refractivity contribution in [3.05, 3.63) is 42.0 Å². The van der Waals surface area contributed by atoms with Gasteiger partial charge in [-0.05, 0) is 30.7 Å². The number of rotatable bonds is 4. The van der Waals surface area contributed by atoms with E-state index < -0.39 is 0 Å². The number of nitrogens with one attached hydrogen (secondary N) is 2. The van der Waals surface area contributed by atoms with Gasteiger partial charge in [0.05, 0.1) is 25.7 Å². The molecule has 0 fully saturated rings. The first kappa shape index (κ1) is 10.5. The molecule has 0 aliphatic heterocycles. The maximum Gasteiger partial charge on any atom is 0.119 e. The molecular weight excluding hydrogens is 202 g/mol. The molecule has 0 saturated heterocycles. The summed E-state index contributed by atoms with van der Waals surface area (Å²) in [4.78, 5) is 7.02. The van der Waals surface area contributed by atoms with Gasteiger partial charge in [0.15, 0.2) is 0 Å². The van der Waals surface area contributed by atoms with Crippen molar-refractivity contribution in [2.45, 2.75) is 13.5 Å². The number of aromatic amines is 1. The van der Waals surface area contributed by atoms with Crippen LogP contribution in [0.5, 0.6) is 5.75 Å². The summed E-state index contributed by atoms with van der Waals surface area (Å²) in [6.45, 7) is 2.80. The van der Waals surface area contributed by atoms with Crippen LogP contribution in [-0.2, 0) is 6.54 Å². The van der Waals surface area contributed by atoms with E-state index in [1.807, 2.05) is 24.4 Å². The lowest BCUT2D eigenvalue weighted by Gasteiger charge is -2.09. The summed E-state index contributed by atoms with van der Waals surface area (Å²) in [7, 11) is 1.67. The molecule has 0 saturated carbocycles. The number of aryl methyl sites for hydroxylation is 1. The van der Waals surface area contributed by atoms with E-state index in [9.17, 15) is 0 Å². The number of hydrogen-bond acceptors (Lipinski definition) is 3. The zero-order valence-electron chi connectivity index (χ0n) is 9.45. The predicted octanol–water partition coefficient (Wildman–Crippen LogP) is 2.34. The molecule has 4 nitrogen and oxygen atoms in total. The van der Waals surface area contributed by atoms with Crippen LogP contribution in [0.15, 0.2) is 30.7 Å². The molecule has 1 aromatic heterocycles. The van der Waals surface area contributed by atoms with E-state index >= 15 is 0 Å². The minimum absolute atomic E-state index is 0.743. The second-order valence-electron chi connectivity index (χ2n) is 3.61. The van der Waals surface area contributed by atoms with Crippen LogP contribution in [0.25, 0.3) is 0 Å². The highest BCUT2D eigenvalue weighted by Gasteiger charge is 2.00. The number of benzene rings is 1. The Morgan fingerprint density at radius 1 is 1.44 bits per heavy atom. The summed E-state index contributed by atoms with van der Waals surface area (Å²) in [5.41, 5.74) is 3.34. The highest BCUT2D eigenvalue weighted by Crippen LogP contribution is 2.21. The second-order valence-corrected chi connectivity index (χ2v) is 3.61. The number of anilines is 1. The van der Waals surface area contributed by atoms with Gasteiger partial charge in [-0.15, -0.1) is 0 Å². The van der Waals surface area contributed by atoms with Crippen LogP contribution in [0.4, 0.5) is 5.69 Å². The average Bonchev–Trinajstić information content (AvgIpc) is 2.80. The van der Waals surface area contributed by atoms with E-state index in [1.165, 1.54) is 5.56 Å². The lowest BCUT2D eigenvalue weighted by Crippen LogP contribution is -2.01. The van der Waals surface area contributed by atoms with Crippen molar-refractivity contribution in [3.63, 3.8) is 0 Å². The third-order valence-electron chi connectivity index (χ3n) is 2.46. The fourth-order valence-electron chi connectivity index (χ4n) is 1.53. The van der Waals surface area contributed by atoms with Gasteiger partial charge in [-0.25, -0.2) is 4.98 Å². The van der Waals surface area contributed by atoms with Gasteiger partial charge in [0.2, 0.25) is 0 Å². The van der Waals surface area contributed by atoms with Crippen molar-refractivity contribution in [1.29, 1.82) is 0 Å². The Kier molecular flexibility index (Phi) is 3.10. The maximum atomic E-state index is 5.16. The van der Waals surface area contributed by atoms with E-state index in [0.717, 1.165) is 23.7 Å². The summed E-state index contributed by atoms with van der Waals surface area (Å²) in [6.07, 6.45) is 3.49. The average molecular weight is 217 g/mol. The van der Waals surface area contributed by atoms with Crippen LogP contribution < -0.4 is 10.1 Å². The number of nitrogens with zero attached hydrogens (tertiary/aromatic N) is 1. The first-order chi connectivity index (χ1) is 7.79. The number of methoxy groups -OCH3 is 1. The zero-order chi connectivity index (χ0) is 11.4.